The van der Waals surface area contributed by atoms with Crippen LogP contribution in [0.15, 0.2) is 18.5 Å². The standard InChI is InChI=1S/C16H14Cl2FN3O3S/c1-4-6-22(26(23,24)5-2)13-7-10(12(19)8-11(13)17)15-14(18)16(25-3)21-9-20-15/h1,7-9H,5-6H2,2-3H3. The van der Waals surface area contributed by atoms with Crippen molar-refractivity contribution >= 4 is 38.9 Å². The molecule has 10 heteroatoms. The van der Waals surface area contributed by atoms with Crippen molar-refractivity contribution in [2.75, 3.05) is 23.7 Å². The van der Waals surface area contributed by atoms with E-state index in [4.69, 9.17) is 34.4 Å². The SMILES string of the molecule is C#CCN(c1cc(-c2ncnc(OC)c2Cl)c(F)cc1Cl)S(=O)(=O)CC. The molecule has 26 heavy (non-hydrogen) atoms. The Morgan fingerprint density at radius 3 is 2.62 bits per heavy atom. The first-order valence-corrected chi connectivity index (χ1v) is 9.61. The molecule has 0 saturated carbocycles. The van der Waals surface area contributed by atoms with Crippen LogP contribution in [0.5, 0.6) is 5.88 Å². The van der Waals surface area contributed by atoms with Crippen LogP contribution >= 0.6 is 23.2 Å². The molecule has 2 aromatic rings. The van der Waals surface area contributed by atoms with Crippen LogP contribution in [-0.2, 0) is 10.0 Å². The number of ether oxygens (including phenoxy) is 1. The maximum atomic E-state index is 14.5. The first kappa shape index (κ1) is 20.2. The van der Waals surface area contributed by atoms with Crippen LogP contribution in [0, 0.1) is 18.2 Å². The number of sulfonamides is 1. The number of nitrogens with zero attached hydrogens (tertiary/aromatic N) is 3. The molecule has 0 aliphatic heterocycles. The molecular formula is C16H14Cl2FN3O3S. The minimum Gasteiger partial charge on any atom is -0.480 e. The van der Waals surface area contributed by atoms with Gasteiger partial charge in [0.05, 0.1) is 35.8 Å². The van der Waals surface area contributed by atoms with Gasteiger partial charge in [-0.05, 0) is 19.1 Å². The fourth-order valence-corrected chi connectivity index (χ4v) is 3.78. The Morgan fingerprint density at radius 2 is 2.04 bits per heavy atom. The quantitative estimate of drug-likeness (QED) is 0.673. The largest absolute Gasteiger partial charge is 0.480 e. The van der Waals surface area contributed by atoms with Gasteiger partial charge in [-0.25, -0.2) is 22.8 Å². The minimum atomic E-state index is -3.74. The van der Waals surface area contributed by atoms with Crippen LogP contribution < -0.4 is 9.04 Å². The predicted molar refractivity (Wildman–Crippen MR) is 99.6 cm³/mol. The lowest BCUT2D eigenvalue weighted by atomic mass is 10.1. The summed E-state index contributed by atoms with van der Waals surface area (Å²) in [4.78, 5) is 7.79. The van der Waals surface area contributed by atoms with Crippen LogP contribution in [0.1, 0.15) is 6.92 Å². The summed E-state index contributed by atoms with van der Waals surface area (Å²) in [6.45, 7) is 1.20. The Morgan fingerprint density at radius 1 is 1.35 bits per heavy atom. The van der Waals surface area contributed by atoms with Crippen molar-refractivity contribution in [1.82, 2.24) is 9.97 Å². The summed E-state index contributed by atoms with van der Waals surface area (Å²) < 4.78 is 45.1. The normalized spacial score (nSPS) is 11.1. The molecule has 0 spiro atoms. The number of halogens is 3. The molecule has 0 aliphatic carbocycles. The van der Waals surface area contributed by atoms with E-state index in [2.05, 4.69) is 15.9 Å². The fourth-order valence-electron chi connectivity index (χ4n) is 2.17. The van der Waals surface area contributed by atoms with E-state index in [0.29, 0.717) is 0 Å². The molecule has 6 nitrogen and oxygen atoms in total. The number of benzene rings is 1. The molecule has 1 aromatic heterocycles. The molecule has 1 heterocycles. The molecule has 0 bridgehead atoms. The van der Waals surface area contributed by atoms with E-state index in [9.17, 15) is 12.8 Å². The number of hydrogen-bond donors (Lipinski definition) is 0. The second-order valence-corrected chi connectivity index (χ2v) is 7.91. The van der Waals surface area contributed by atoms with Crippen LogP contribution in [0.4, 0.5) is 10.1 Å². The van der Waals surface area contributed by atoms with Gasteiger partial charge in [-0.1, -0.05) is 29.1 Å². The Balaban J connectivity index is 2.73. The Labute approximate surface area is 161 Å². The molecule has 0 radical (unpaired) electrons. The summed E-state index contributed by atoms with van der Waals surface area (Å²) in [6, 6.07) is 2.21. The number of terminal acetylenes is 1. The van der Waals surface area contributed by atoms with Crippen molar-refractivity contribution in [3.63, 3.8) is 0 Å². The summed E-state index contributed by atoms with van der Waals surface area (Å²) in [5, 5.41) is -0.139. The van der Waals surface area contributed by atoms with Crippen molar-refractivity contribution in [3.05, 3.63) is 34.3 Å². The number of hydrogen-bond acceptors (Lipinski definition) is 5. The molecule has 138 valence electrons. The van der Waals surface area contributed by atoms with E-state index < -0.39 is 15.8 Å². The molecule has 0 amide bonds. The smallest absolute Gasteiger partial charge is 0.236 e. The van der Waals surface area contributed by atoms with Gasteiger partial charge in [0.2, 0.25) is 15.9 Å². The zero-order chi connectivity index (χ0) is 19.5. The molecule has 0 fully saturated rings. The van der Waals surface area contributed by atoms with Crippen molar-refractivity contribution in [2.45, 2.75) is 6.92 Å². The van der Waals surface area contributed by atoms with Gasteiger partial charge in [-0.3, -0.25) is 4.31 Å². The second kappa shape index (κ2) is 8.08. The van der Waals surface area contributed by atoms with Gasteiger partial charge in [-0.2, -0.15) is 0 Å². The summed E-state index contributed by atoms with van der Waals surface area (Å²) >= 11 is 12.2. The third-order valence-corrected chi connectivity index (χ3v) is 5.82. The predicted octanol–water partition coefficient (Wildman–Crippen LogP) is 3.39. The van der Waals surface area contributed by atoms with E-state index in [0.717, 1.165) is 16.7 Å². The van der Waals surface area contributed by atoms with Crippen molar-refractivity contribution in [3.8, 4) is 29.5 Å². The van der Waals surface area contributed by atoms with Gasteiger partial charge in [0.1, 0.15) is 17.2 Å². The van der Waals surface area contributed by atoms with Gasteiger partial charge in [0, 0.05) is 5.56 Å². The highest BCUT2D eigenvalue weighted by Gasteiger charge is 2.25. The summed E-state index contributed by atoms with van der Waals surface area (Å²) in [6.07, 6.45) is 6.43. The van der Waals surface area contributed by atoms with Crippen molar-refractivity contribution < 1.29 is 17.5 Å². The minimum absolute atomic E-state index is 0.0241. The average molecular weight is 418 g/mol. The summed E-state index contributed by atoms with van der Waals surface area (Å²) in [5.41, 5.74) is -0.0107. The average Bonchev–Trinajstić information content (AvgIpc) is 2.61. The molecule has 0 saturated heterocycles. The number of methoxy groups -OCH3 is 1. The zero-order valence-electron chi connectivity index (χ0n) is 13.8. The third-order valence-electron chi connectivity index (χ3n) is 3.45. The molecular weight excluding hydrogens is 404 g/mol. The van der Waals surface area contributed by atoms with Gasteiger partial charge in [-0.15, -0.1) is 6.42 Å². The van der Waals surface area contributed by atoms with Gasteiger partial charge < -0.3 is 4.74 Å². The Bertz CT molecular complexity index is 977. The van der Waals surface area contributed by atoms with E-state index in [1.807, 2.05) is 0 Å². The van der Waals surface area contributed by atoms with E-state index in [-0.39, 0.29) is 45.2 Å². The van der Waals surface area contributed by atoms with Crippen LogP contribution in [0.3, 0.4) is 0 Å². The molecule has 1 aromatic carbocycles. The van der Waals surface area contributed by atoms with Gasteiger partial charge in [0.15, 0.2) is 0 Å². The van der Waals surface area contributed by atoms with E-state index in [1.54, 1.807) is 0 Å². The molecule has 0 atom stereocenters. The lowest BCUT2D eigenvalue weighted by Crippen LogP contribution is -2.33. The van der Waals surface area contributed by atoms with Crippen LogP contribution in [0.25, 0.3) is 11.3 Å². The maximum Gasteiger partial charge on any atom is 0.236 e. The molecule has 2 rings (SSSR count). The first-order chi connectivity index (χ1) is 12.3. The first-order valence-electron chi connectivity index (χ1n) is 7.24. The lowest BCUT2D eigenvalue weighted by Gasteiger charge is -2.23. The van der Waals surface area contributed by atoms with Crippen molar-refractivity contribution in [1.29, 1.82) is 0 Å². The third kappa shape index (κ3) is 3.85. The van der Waals surface area contributed by atoms with Crippen LogP contribution in [-0.4, -0.2) is 37.8 Å². The summed E-state index contributed by atoms with van der Waals surface area (Å²) in [5.74, 6) is 1.36. The second-order valence-electron chi connectivity index (χ2n) is 4.94. The molecule has 0 unspecified atom stereocenters. The maximum absolute atomic E-state index is 14.5. The van der Waals surface area contributed by atoms with Gasteiger partial charge in [0.25, 0.3) is 0 Å². The number of rotatable bonds is 6. The highest BCUT2D eigenvalue weighted by Crippen LogP contribution is 2.38. The van der Waals surface area contributed by atoms with E-state index in [1.165, 1.54) is 20.1 Å². The molecule has 0 N–H and O–H groups in total. The lowest BCUT2D eigenvalue weighted by molar-refractivity contribution is 0.397. The number of anilines is 1. The molecule has 0 aliphatic rings. The van der Waals surface area contributed by atoms with E-state index >= 15 is 0 Å². The van der Waals surface area contributed by atoms with Gasteiger partial charge >= 0.3 is 0 Å². The zero-order valence-corrected chi connectivity index (χ0v) is 16.2. The monoisotopic (exact) mass is 417 g/mol. The van der Waals surface area contributed by atoms with Crippen molar-refractivity contribution in [2.24, 2.45) is 0 Å². The van der Waals surface area contributed by atoms with Crippen LogP contribution in [0.2, 0.25) is 10.0 Å². The topological polar surface area (TPSA) is 72.4 Å². The fraction of sp³-hybridized carbons (Fsp3) is 0.250. The Kier molecular flexibility index (Phi) is 6.29. The summed E-state index contributed by atoms with van der Waals surface area (Å²) in [7, 11) is -2.39. The highest BCUT2D eigenvalue weighted by molar-refractivity contribution is 7.92. The number of aromatic nitrogens is 2. The highest BCUT2D eigenvalue weighted by atomic mass is 35.5. The Hall–Kier alpha value is -2.08.